The first-order valence-corrected chi connectivity index (χ1v) is 8.99. The van der Waals surface area contributed by atoms with Crippen LogP contribution in [0.3, 0.4) is 0 Å². The summed E-state index contributed by atoms with van der Waals surface area (Å²) in [7, 11) is 0. The molecule has 2 aromatic carbocycles. The van der Waals surface area contributed by atoms with Crippen molar-refractivity contribution in [3.05, 3.63) is 62.7 Å². The number of rotatable bonds is 0. The fourth-order valence-corrected chi connectivity index (χ4v) is 5.08. The van der Waals surface area contributed by atoms with Gasteiger partial charge in [0.1, 0.15) is 22.8 Å². The summed E-state index contributed by atoms with van der Waals surface area (Å²) in [6.07, 6.45) is 1.18. The molecule has 0 amide bonds. The number of Topliss-reactive ketones (excluding diaryl/α,β-unsaturated/α-hetero) is 1. The number of aromatic hydroxyl groups is 3. The Morgan fingerprint density at radius 2 is 1.31 bits per heavy atom. The molecule has 0 aliphatic heterocycles. The molecule has 0 bridgehead atoms. The number of allylic oxidation sites excluding steroid dienone is 1. The van der Waals surface area contributed by atoms with Crippen molar-refractivity contribution in [1.82, 2.24) is 0 Å². The maximum absolute atomic E-state index is 13.3. The first-order chi connectivity index (χ1) is 13.4. The van der Waals surface area contributed by atoms with E-state index in [4.69, 9.17) is 0 Å². The van der Waals surface area contributed by atoms with Gasteiger partial charge >= 0.3 is 0 Å². The third-order valence-electron chi connectivity index (χ3n) is 6.35. The van der Waals surface area contributed by atoms with Crippen molar-refractivity contribution in [2.24, 2.45) is 5.41 Å². The van der Waals surface area contributed by atoms with Gasteiger partial charge in [0.2, 0.25) is 5.78 Å². The van der Waals surface area contributed by atoms with Crippen molar-refractivity contribution < 1.29 is 34.8 Å². The summed E-state index contributed by atoms with van der Waals surface area (Å²) in [5, 5.41) is 43.5. The van der Waals surface area contributed by atoms with Crippen LogP contribution >= 0.6 is 0 Å². The first-order valence-electron chi connectivity index (χ1n) is 8.99. The van der Waals surface area contributed by atoms with Crippen LogP contribution in [-0.2, 0) is 5.60 Å². The number of benzene rings is 2. The summed E-state index contributed by atoms with van der Waals surface area (Å²) in [5.41, 5.74) is -4.39. The van der Waals surface area contributed by atoms with Crippen molar-refractivity contribution in [1.29, 1.82) is 0 Å². The number of aliphatic hydroxyl groups is 1. The number of carbonyl (C=O) groups is 3. The molecule has 0 radical (unpaired) electrons. The van der Waals surface area contributed by atoms with Crippen LogP contribution in [0, 0.1) is 12.3 Å². The Kier molecular flexibility index (Phi) is 2.89. The second-order valence-electron chi connectivity index (χ2n) is 8.29. The Morgan fingerprint density at radius 1 is 0.793 bits per heavy atom. The van der Waals surface area contributed by atoms with Gasteiger partial charge in [-0.1, -0.05) is 0 Å². The van der Waals surface area contributed by atoms with Gasteiger partial charge in [-0.15, -0.1) is 0 Å². The van der Waals surface area contributed by atoms with Crippen LogP contribution in [0.4, 0.5) is 0 Å². The molecule has 0 fully saturated rings. The van der Waals surface area contributed by atoms with Crippen molar-refractivity contribution in [2.75, 3.05) is 0 Å². The normalized spacial score (nSPS) is 23.0. The minimum Gasteiger partial charge on any atom is -0.507 e. The third kappa shape index (κ3) is 1.67. The van der Waals surface area contributed by atoms with Gasteiger partial charge in [0.25, 0.3) is 0 Å². The quantitative estimate of drug-likeness (QED) is 0.540. The predicted molar refractivity (Wildman–Crippen MR) is 99.6 cm³/mol. The van der Waals surface area contributed by atoms with E-state index in [1.54, 1.807) is 6.92 Å². The summed E-state index contributed by atoms with van der Waals surface area (Å²) >= 11 is 0. The lowest BCUT2D eigenvalue weighted by atomic mass is 9.53. The molecule has 7 heteroatoms. The number of phenols is 3. The highest BCUT2D eigenvalue weighted by atomic mass is 16.3. The topological polar surface area (TPSA) is 132 Å². The van der Waals surface area contributed by atoms with E-state index in [0.29, 0.717) is 5.56 Å². The Hall–Kier alpha value is -3.45. The summed E-state index contributed by atoms with van der Waals surface area (Å²) in [6.45, 7) is 4.59. The molecule has 0 heterocycles. The fourth-order valence-electron chi connectivity index (χ4n) is 5.08. The Labute approximate surface area is 164 Å². The second-order valence-corrected chi connectivity index (χ2v) is 8.29. The van der Waals surface area contributed by atoms with Gasteiger partial charge in [0, 0.05) is 22.8 Å². The molecule has 3 aliphatic rings. The number of aryl methyl sites for hydroxylation is 1. The molecule has 0 aromatic heterocycles. The van der Waals surface area contributed by atoms with Crippen molar-refractivity contribution in [3.63, 3.8) is 0 Å². The molecule has 7 nitrogen and oxygen atoms in total. The SMILES string of the molecule is Cc1cc(O)c2c3c1C(=O)C=C1C(C)(C)C(=O)c4c(O)cc(O)c(c4[C@@]13O)C2=O. The molecule has 4 N–H and O–H groups in total. The molecular weight excluding hydrogens is 376 g/mol. The van der Waals surface area contributed by atoms with E-state index in [0.717, 1.165) is 6.07 Å². The average molecular weight is 392 g/mol. The predicted octanol–water partition coefficient (Wildman–Crippen LogP) is 2.24. The van der Waals surface area contributed by atoms with Crippen LogP contribution in [-0.4, -0.2) is 37.8 Å². The number of hydrogen-bond donors (Lipinski definition) is 4. The molecular formula is C22H16O7. The molecule has 5 rings (SSSR count). The van der Waals surface area contributed by atoms with E-state index in [-0.39, 0.29) is 39.0 Å². The Morgan fingerprint density at radius 3 is 1.93 bits per heavy atom. The van der Waals surface area contributed by atoms with Crippen molar-refractivity contribution in [2.45, 2.75) is 26.4 Å². The van der Waals surface area contributed by atoms with Gasteiger partial charge in [-0.05, 0) is 44.1 Å². The van der Waals surface area contributed by atoms with Crippen LogP contribution in [0.25, 0.3) is 0 Å². The highest BCUT2D eigenvalue weighted by Gasteiger charge is 2.61. The van der Waals surface area contributed by atoms with Gasteiger partial charge in [-0.2, -0.15) is 0 Å². The van der Waals surface area contributed by atoms with Crippen molar-refractivity contribution in [3.8, 4) is 17.2 Å². The molecule has 0 spiro atoms. The Bertz CT molecular complexity index is 1280. The zero-order chi connectivity index (χ0) is 21.2. The lowest BCUT2D eigenvalue weighted by molar-refractivity contribution is 0.0562. The lowest BCUT2D eigenvalue weighted by Gasteiger charge is -2.50. The number of ketones is 3. The lowest BCUT2D eigenvalue weighted by Crippen LogP contribution is -2.52. The number of hydrogen-bond acceptors (Lipinski definition) is 7. The molecule has 146 valence electrons. The molecule has 2 aromatic rings. The molecule has 0 saturated heterocycles. The summed E-state index contributed by atoms with van der Waals surface area (Å²) in [5.74, 6) is -3.56. The maximum Gasteiger partial charge on any atom is 0.201 e. The van der Waals surface area contributed by atoms with Crippen LogP contribution in [0.5, 0.6) is 17.2 Å². The number of phenolic OH excluding ortho intramolecular Hbond substituents is 3. The molecule has 1 atom stereocenters. The first kappa shape index (κ1) is 17.6. The summed E-state index contributed by atoms with van der Waals surface area (Å²) in [4.78, 5) is 39.4. The third-order valence-corrected chi connectivity index (χ3v) is 6.35. The maximum atomic E-state index is 13.3. The zero-order valence-electron chi connectivity index (χ0n) is 15.7. The zero-order valence-corrected chi connectivity index (χ0v) is 15.7. The fraction of sp³-hybridized carbons (Fsp3) is 0.227. The molecule has 0 unspecified atom stereocenters. The van der Waals surface area contributed by atoms with Crippen LogP contribution in [0.15, 0.2) is 23.8 Å². The summed E-state index contributed by atoms with van der Waals surface area (Å²) in [6, 6.07) is 2.14. The Balaban J connectivity index is 2.13. The standard InChI is InChI=1S/C22H16O7/c1-7-4-8(23)14-17-13(7)11(26)6-12-21(2,3)20(28)16-10(25)5-9(24)15(19(14)27)18(16)22(12,17)29/h4-6,23-25,29H,1-3H3/t22-/m1/s1. The van der Waals surface area contributed by atoms with Crippen molar-refractivity contribution >= 4 is 17.3 Å². The van der Waals surface area contributed by atoms with Crippen LogP contribution in [0.1, 0.15) is 67.2 Å². The smallest absolute Gasteiger partial charge is 0.201 e. The van der Waals surface area contributed by atoms with Gasteiger partial charge in [-0.3, -0.25) is 14.4 Å². The highest BCUT2D eigenvalue weighted by Crippen LogP contribution is 2.61. The van der Waals surface area contributed by atoms with Gasteiger partial charge < -0.3 is 20.4 Å². The molecule has 3 aliphatic carbocycles. The minimum absolute atomic E-state index is 0.0324. The van der Waals surface area contributed by atoms with E-state index in [9.17, 15) is 34.8 Å². The van der Waals surface area contributed by atoms with Crippen LogP contribution in [0.2, 0.25) is 0 Å². The van der Waals surface area contributed by atoms with E-state index < -0.39 is 45.6 Å². The van der Waals surface area contributed by atoms with E-state index in [1.807, 2.05) is 0 Å². The number of carbonyl (C=O) groups excluding carboxylic acids is 3. The van der Waals surface area contributed by atoms with E-state index in [2.05, 4.69) is 0 Å². The van der Waals surface area contributed by atoms with Crippen LogP contribution < -0.4 is 0 Å². The monoisotopic (exact) mass is 392 g/mol. The van der Waals surface area contributed by atoms with Gasteiger partial charge in [0.15, 0.2) is 11.6 Å². The molecule has 29 heavy (non-hydrogen) atoms. The van der Waals surface area contributed by atoms with E-state index in [1.165, 1.54) is 26.0 Å². The van der Waals surface area contributed by atoms with E-state index >= 15 is 0 Å². The summed E-state index contributed by atoms with van der Waals surface area (Å²) < 4.78 is 0. The average Bonchev–Trinajstić information content (AvgIpc) is 2.60. The van der Waals surface area contributed by atoms with Gasteiger partial charge in [-0.25, -0.2) is 0 Å². The highest BCUT2D eigenvalue weighted by molar-refractivity contribution is 6.24. The minimum atomic E-state index is -2.14. The van der Waals surface area contributed by atoms with Gasteiger partial charge in [0.05, 0.1) is 22.1 Å². The largest absolute Gasteiger partial charge is 0.507 e. The second kappa shape index (κ2) is 4.75. The molecule has 0 saturated carbocycles.